The van der Waals surface area contributed by atoms with E-state index in [1.54, 1.807) is 4.90 Å². The lowest BCUT2D eigenvalue weighted by Crippen LogP contribution is -2.49. The summed E-state index contributed by atoms with van der Waals surface area (Å²) in [4.78, 5) is 28.3. The van der Waals surface area contributed by atoms with Crippen molar-refractivity contribution in [3.05, 3.63) is 59.7 Å². The Kier molecular flexibility index (Phi) is 8.43. The first kappa shape index (κ1) is 26.5. The summed E-state index contributed by atoms with van der Waals surface area (Å²) in [5.74, 6) is 0. The minimum absolute atomic E-state index is 0.233. The molecule has 0 spiro atoms. The van der Waals surface area contributed by atoms with Crippen molar-refractivity contribution in [2.75, 3.05) is 26.2 Å². The second-order valence-electron chi connectivity index (χ2n) is 11.0. The fourth-order valence-electron chi connectivity index (χ4n) is 3.83. The molecule has 1 saturated heterocycles. The molecular formula is C28H39N3O4. The van der Waals surface area contributed by atoms with Gasteiger partial charge in [0.25, 0.3) is 0 Å². The number of piperazine rings is 1. The van der Waals surface area contributed by atoms with Crippen molar-refractivity contribution < 1.29 is 19.1 Å². The molecule has 0 unspecified atom stereocenters. The van der Waals surface area contributed by atoms with Crippen molar-refractivity contribution in [3.63, 3.8) is 0 Å². The van der Waals surface area contributed by atoms with Crippen LogP contribution in [0.25, 0.3) is 11.1 Å². The summed E-state index contributed by atoms with van der Waals surface area (Å²) in [5, 5.41) is 2.79. The molecule has 0 atom stereocenters. The molecule has 2 aromatic rings. The molecule has 1 fully saturated rings. The molecule has 3 rings (SSSR count). The number of nitrogens with zero attached hydrogens (tertiary/aromatic N) is 2. The molecule has 0 bridgehead atoms. The van der Waals surface area contributed by atoms with E-state index in [9.17, 15) is 9.59 Å². The summed E-state index contributed by atoms with van der Waals surface area (Å²) in [6, 6.07) is 16.7. The number of rotatable bonds is 5. The molecule has 0 saturated carbocycles. The summed E-state index contributed by atoms with van der Waals surface area (Å²) < 4.78 is 10.8. The average Bonchev–Trinajstić information content (AvgIpc) is 2.76. The van der Waals surface area contributed by atoms with Crippen LogP contribution in [0, 0.1) is 0 Å². The quantitative estimate of drug-likeness (QED) is 0.617. The molecule has 35 heavy (non-hydrogen) atoms. The maximum Gasteiger partial charge on any atom is 0.410 e. The van der Waals surface area contributed by atoms with Gasteiger partial charge >= 0.3 is 12.2 Å². The summed E-state index contributed by atoms with van der Waals surface area (Å²) in [7, 11) is 0. The molecule has 2 aromatic carbocycles. The maximum atomic E-state index is 12.3. The summed E-state index contributed by atoms with van der Waals surface area (Å²) in [6.45, 7) is 15.5. The van der Waals surface area contributed by atoms with Gasteiger partial charge in [0.1, 0.15) is 11.2 Å². The first-order chi connectivity index (χ1) is 16.4. The monoisotopic (exact) mass is 481 g/mol. The van der Waals surface area contributed by atoms with Crippen LogP contribution in [0.2, 0.25) is 0 Å². The van der Waals surface area contributed by atoms with Crippen molar-refractivity contribution in [1.29, 1.82) is 0 Å². The highest BCUT2D eigenvalue weighted by Crippen LogP contribution is 2.22. The first-order valence-electron chi connectivity index (χ1n) is 12.2. The molecule has 0 aliphatic carbocycles. The van der Waals surface area contributed by atoms with Crippen molar-refractivity contribution in [3.8, 4) is 11.1 Å². The van der Waals surface area contributed by atoms with E-state index in [1.165, 1.54) is 5.56 Å². The normalized spacial score (nSPS) is 15.0. The van der Waals surface area contributed by atoms with E-state index in [1.807, 2.05) is 53.7 Å². The molecule has 1 aliphatic heterocycles. The predicted molar refractivity (Wildman–Crippen MR) is 138 cm³/mol. The van der Waals surface area contributed by atoms with Gasteiger partial charge in [-0.1, -0.05) is 42.5 Å². The van der Waals surface area contributed by atoms with Gasteiger partial charge in [0.15, 0.2) is 0 Å². The number of nitrogens with one attached hydrogen (secondary N) is 1. The zero-order valence-electron chi connectivity index (χ0n) is 21.9. The van der Waals surface area contributed by atoms with Crippen LogP contribution < -0.4 is 5.32 Å². The summed E-state index contributed by atoms with van der Waals surface area (Å²) in [5.41, 5.74) is 3.55. The van der Waals surface area contributed by atoms with Gasteiger partial charge in [0, 0.05) is 39.3 Å². The average molecular weight is 482 g/mol. The van der Waals surface area contributed by atoms with Crippen LogP contribution >= 0.6 is 0 Å². The lowest BCUT2D eigenvalue weighted by Gasteiger charge is -2.35. The van der Waals surface area contributed by atoms with E-state index in [0.717, 1.165) is 36.3 Å². The van der Waals surface area contributed by atoms with Crippen molar-refractivity contribution in [2.45, 2.75) is 65.8 Å². The first-order valence-corrected chi connectivity index (χ1v) is 12.2. The van der Waals surface area contributed by atoms with Crippen LogP contribution in [0.3, 0.4) is 0 Å². The van der Waals surface area contributed by atoms with Crippen LogP contribution in [-0.2, 0) is 22.6 Å². The van der Waals surface area contributed by atoms with Crippen LogP contribution in [0.5, 0.6) is 0 Å². The van der Waals surface area contributed by atoms with Gasteiger partial charge in [0.05, 0.1) is 0 Å². The van der Waals surface area contributed by atoms with E-state index < -0.39 is 17.3 Å². The highest BCUT2D eigenvalue weighted by atomic mass is 16.6. The highest BCUT2D eigenvalue weighted by molar-refractivity contribution is 5.69. The maximum absolute atomic E-state index is 12.3. The number of hydrogen-bond donors (Lipinski definition) is 1. The Morgan fingerprint density at radius 1 is 0.800 bits per heavy atom. The third-order valence-corrected chi connectivity index (χ3v) is 5.48. The van der Waals surface area contributed by atoms with Crippen LogP contribution in [0.1, 0.15) is 52.7 Å². The number of carbonyl (C=O) groups is 2. The van der Waals surface area contributed by atoms with Crippen LogP contribution in [-0.4, -0.2) is 59.4 Å². The molecule has 7 nitrogen and oxygen atoms in total. The van der Waals surface area contributed by atoms with Gasteiger partial charge < -0.3 is 19.7 Å². The van der Waals surface area contributed by atoms with E-state index in [0.29, 0.717) is 19.6 Å². The third-order valence-electron chi connectivity index (χ3n) is 5.48. The van der Waals surface area contributed by atoms with E-state index in [4.69, 9.17) is 9.47 Å². The van der Waals surface area contributed by atoms with Crippen molar-refractivity contribution >= 4 is 12.2 Å². The van der Waals surface area contributed by atoms with Crippen LogP contribution in [0.15, 0.2) is 48.5 Å². The third kappa shape index (κ3) is 8.91. The SMILES string of the molecule is CC(C)(C)OC(=O)NCc1ccc(-c2cccc(CN3CCN(C(=O)OC(C)(C)C)CC3)c2)cc1. The second kappa shape index (κ2) is 11.1. The fraction of sp³-hybridized carbons (Fsp3) is 0.500. The Morgan fingerprint density at radius 3 is 2.03 bits per heavy atom. The zero-order valence-corrected chi connectivity index (χ0v) is 21.9. The number of alkyl carbamates (subject to hydrolysis) is 1. The summed E-state index contributed by atoms with van der Waals surface area (Å²) in [6.07, 6.45) is -0.648. The molecule has 0 radical (unpaired) electrons. The smallest absolute Gasteiger partial charge is 0.410 e. The Bertz CT molecular complexity index is 998. The van der Waals surface area contributed by atoms with Crippen LogP contribution in [0.4, 0.5) is 9.59 Å². The number of amides is 2. The van der Waals surface area contributed by atoms with E-state index in [2.05, 4.69) is 46.6 Å². The zero-order chi connectivity index (χ0) is 25.6. The second-order valence-corrected chi connectivity index (χ2v) is 11.0. The molecule has 1 N–H and O–H groups in total. The predicted octanol–water partition coefficient (Wildman–Crippen LogP) is 5.43. The topological polar surface area (TPSA) is 71.1 Å². The Morgan fingerprint density at radius 2 is 1.43 bits per heavy atom. The fourth-order valence-corrected chi connectivity index (χ4v) is 3.83. The molecule has 7 heteroatoms. The standard InChI is InChI=1S/C28H39N3O4/c1-27(2,3)34-25(32)29-19-21-10-12-23(13-11-21)24-9-7-8-22(18-24)20-30-14-16-31(17-15-30)26(33)35-28(4,5)6/h7-13,18H,14-17,19-20H2,1-6H3,(H,29,32). The van der Waals surface area contributed by atoms with Gasteiger partial charge in [-0.25, -0.2) is 9.59 Å². The molecule has 1 aliphatic rings. The van der Waals surface area contributed by atoms with E-state index in [-0.39, 0.29) is 6.09 Å². The largest absolute Gasteiger partial charge is 0.444 e. The lowest BCUT2D eigenvalue weighted by atomic mass is 10.0. The van der Waals surface area contributed by atoms with Crippen molar-refractivity contribution in [1.82, 2.24) is 15.1 Å². The highest BCUT2D eigenvalue weighted by Gasteiger charge is 2.25. The Labute approximate surface area is 209 Å². The number of hydrogen-bond acceptors (Lipinski definition) is 5. The molecule has 2 amide bonds. The molecule has 190 valence electrons. The lowest BCUT2D eigenvalue weighted by molar-refractivity contribution is 0.0139. The van der Waals surface area contributed by atoms with Crippen molar-refractivity contribution in [2.24, 2.45) is 0 Å². The van der Waals surface area contributed by atoms with Gasteiger partial charge in [0.2, 0.25) is 0 Å². The molecular weight excluding hydrogens is 442 g/mol. The van der Waals surface area contributed by atoms with Gasteiger partial charge in [-0.05, 0) is 69.9 Å². The minimum atomic E-state index is -0.509. The molecule has 1 heterocycles. The van der Waals surface area contributed by atoms with Gasteiger partial charge in [-0.2, -0.15) is 0 Å². The minimum Gasteiger partial charge on any atom is -0.444 e. The van der Waals surface area contributed by atoms with Gasteiger partial charge in [-0.3, -0.25) is 4.90 Å². The summed E-state index contributed by atoms with van der Waals surface area (Å²) >= 11 is 0. The number of carbonyl (C=O) groups excluding carboxylic acids is 2. The molecule has 0 aromatic heterocycles. The number of benzene rings is 2. The Balaban J connectivity index is 1.52. The Hall–Kier alpha value is -3.06. The van der Waals surface area contributed by atoms with Gasteiger partial charge in [-0.15, -0.1) is 0 Å². The number of ether oxygens (including phenoxy) is 2. The van der Waals surface area contributed by atoms with E-state index >= 15 is 0 Å².